The van der Waals surface area contributed by atoms with Crippen molar-refractivity contribution in [2.75, 3.05) is 25.0 Å². The first-order valence-electron chi connectivity index (χ1n) is 8.22. The van der Waals surface area contributed by atoms with Crippen LogP contribution in [0.5, 0.6) is 0 Å². The van der Waals surface area contributed by atoms with Gasteiger partial charge >= 0.3 is 0 Å². The fourth-order valence-corrected chi connectivity index (χ4v) is 3.39. The summed E-state index contributed by atoms with van der Waals surface area (Å²) in [5, 5.41) is 7.90. The maximum Gasteiger partial charge on any atom is 0.170 e. The summed E-state index contributed by atoms with van der Waals surface area (Å²) in [5.41, 5.74) is 2.01. The van der Waals surface area contributed by atoms with Gasteiger partial charge < -0.3 is 15.5 Å². The molecule has 122 valence electrons. The van der Waals surface area contributed by atoms with Gasteiger partial charge in [-0.3, -0.25) is 0 Å². The lowest BCUT2D eigenvalue weighted by Gasteiger charge is -2.30. The minimum Gasteiger partial charge on any atom is -0.362 e. The number of benzene rings is 1. The van der Waals surface area contributed by atoms with Crippen molar-refractivity contribution in [1.29, 1.82) is 0 Å². The van der Waals surface area contributed by atoms with Gasteiger partial charge in [0.25, 0.3) is 0 Å². The predicted molar refractivity (Wildman–Crippen MR) is 99.0 cm³/mol. The zero-order valence-electron chi connectivity index (χ0n) is 13.5. The highest BCUT2D eigenvalue weighted by Gasteiger charge is 2.20. The Bertz CT molecular complexity index is 507. The third-order valence-electron chi connectivity index (χ3n) is 4.47. The number of piperidine rings is 1. The Balaban J connectivity index is 1.66. The Hall–Kier alpha value is -0.840. The molecule has 0 amide bonds. The Morgan fingerprint density at radius 3 is 2.95 bits per heavy atom. The number of anilines is 1. The van der Waals surface area contributed by atoms with Crippen LogP contribution in [0.25, 0.3) is 0 Å². The van der Waals surface area contributed by atoms with Crippen molar-refractivity contribution in [3.63, 3.8) is 0 Å². The average molecular weight is 341 g/mol. The van der Waals surface area contributed by atoms with Crippen LogP contribution in [0, 0.1) is 6.92 Å². The summed E-state index contributed by atoms with van der Waals surface area (Å²) in [4.78, 5) is 1.75. The summed E-state index contributed by atoms with van der Waals surface area (Å²) in [6, 6.07) is 6.71. The number of nitrogens with one attached hydrogen (secondary N) is 3. The molecule has 0 spiro atoms. The van der Waals surface area contributed by atoms with Gasteiger partial charge in [0.1, 0.15) is 0 Å². The topological polar surface area (TPSA) is 28.5 Å². The molecule has 1 aliphatic rings. The average Bonchev–Trinajstić information content (AvgIpc) is 2.49. The van der Waals surface area contributed by atoms with E-state index >= 15 is 0 Å². The molecule has 22 heavy (non-hydrogen) atoms. The van der Waals surface area contributed by atoms with Gasteiger partial charge in [-0.25, -0.2) is 0 Å². The highest BCUT2D eigenvalue weighted by atomic mass is 35.5. The molecule has 2 rings (SSSR count). The van der Waals surface area contributed by atoms with Gasteiger partial charge in [0.05, 0.1) is 19.1 Å². The number of rotatable bonds is 5. The molecule has 0 aliphatic carbocycles. The molecule has 2 atom stereocenters. The number of likely N-dealkylation sites (tertiary alicyclic amines) is 1. The van der Waals surface area contributed by atoms with Crippen LogP contribution < -0.4 is 15.5 Å². The van der Waals surface area contributed by atoms with E-state index in [2.05, 4.69) is 17.6 Å². The van der Waals surface area contributed by atoms with Crippen molar-refractivity contribution in [3.05, 3.63) is 28.8 Å². The summed E-state index contributed by atoms with van der Waals surface area (Å²) in [6.07, 6.45) is 5.30. The maximum absolute atomic E-state index is 6.12. The van der Waals surface area contributed by atoms with Crippen LogP contribution in [0.2, 0.25) is 5.02 Å². The van der Waals surface area contributed by atoms with Crippen LogP contribution in [0.4, 0.5) is 5.69 Å². The number of hydrogen-bond acceptors (Lipinski definition) is 1. The molecule has 3 nitrogen and oxygen atoms in total. The van der Waals surface area contributed by atoms with Gasteiger partial charge in [-0.1, -0.05) is 17.7 Å². The molecule has 1 aliphatic heterocycles. The van der Waals surface area contributed by atoms with Crippen molar-refractivity contribution in [2.45, 2.75) is 45.6 Å². The van der Waals surface area contributed by atoms with Crippen molar-refractivity contribution >= 4 is 34.6 Å². The quantitative estimate of drug-likeness (QED) is 0.568. The molecule has 0 radical (unpaired) electrons. The van der Waals surface area contributed by atoms with Crippen molar-refractivity contribution in [3.8, 4) is 0 Å². The summed E-state index contributed by atoms with van der Waals surface area (Å²) in [5.74, 6) is 0. The van der Waals surface area contributed by atoms with Crippen LogP contribution in [0.3, 0.4) is 0 Å². The Kier molecular flexibility index (Phi) is 6.93. The summed E-state index contributed by atoms with van der Waals surface area (Å²) >= 11 is 11.5. The molecule has 1 heterocycles. The Morgan fingerprint density at radius 2 is 2.23 bits per heavy atom. The second-order valence-electron chi connectivity index (χ2n) is 6.25. The van der Waals surface area contributed by atoms with Gasteiger partial charge in [-0.05, 0) is 63.0 Å². The van der Waals surface area contributed by atoms with E-state index in [1.54, 1.807) is 4.90 Å². The molecule has 1 aromatic rings. The molecule has 0 saturated carbocycles. The smallest absolute Gasteiger partial charge is 0.170 e. The largest absolute Gasteiger partial charge is 0.362 e. The first-order chi connectivity index (χ1) is 10.6. The number of hydrogen-bond donors (Lipinski definition) is 3. The van der Waals surface area contributed by atoms with Crippen LogP contribution in [0.1, 0.15) is 38.2 Å². The Morgan fingerprint density at radius 1 is 1.41 bits per heavy atom. The van der Waals surface area contributed by atoms with Gasteiger partial charge in [-0.15, -0.1) is 0 Å². The number of quaternary nitrogens is 1. The first kappa shape index (κ1) is 17.5. The van der Waals surface area contributed by atoms with Gasteiger partial charge in [0, 0.05) is 23.7 Å². The Labute approximate surface area is 144 Å². The van der Waals surface area contributed by atoms with E-state index in [-0.39, 0.29) is 0 Å². The molecule has 1 aromatic carbocycles. The lowest BCUT2D eigenvalue weighted by atomic mass is 10.0. The fourth-order valence-electron chi connectivity index (χ4n) is 2.99. The molecule has 1 saturated heterocycles. The normalized spacial score (nSPS) is 21.4. The van der Waals surface area contributed by atoms with Crippen molar-refractivity contribution in [1.82, 2.24) is 5.32 Å². The van der Waals surface area contributed by atoms with E-state index < -0.39 is 0 Å². The number of thiocarbonyl (C=S) groups is 1. The summed E-state index contributed by atoms with van der Waals surface area (Å²) in [6.45, 7) is 7.84. The number of aryl methyl sites for hydroxylation is 1. The molecule has 5 heteroatoms. The lowest BCUT2D eigenvalue weighted by Crippen LogP contribution is -3.16. The highest BCUT2D eigenvalue weighted by Crippen LogP contribution is 2.19. The maximum atomic E-state index is 6.12. The van der Waals surface area contributed by atoms with E-state index in [0.29, 0.717) is 5.11 Å². The minimum atomic E-state index is 0.668. The second kappa shape index (κ2) is 8.70. The van der Waals surface area contributed by atoms with Gasteiger partial charge in [0.2, 0.25) is 0 Å². The van der Waals surface area contributed by atoms with E-state index in [0.717, 1.165) is 35.3 Å². The van der Waals surface area contributed by atoms with Crippen LogP contribution >= 0.6 is 23.8 Å². The van der Waals surface area contributed by atoms with Gasteiger partial charge in [0.15, 0.2) is 5.11 Å². The van der Waals surface area contributed by atoms with E-state index in [4.69, 9.17) is 23.8 Å². The van der Waals surface area contributed by atoms with Gasteiger partial charge in [-0.2, -0.15) is 0 Å². The number of halogens is 1. The van der Waals surface area contributed by atoms with E-state index in [9.17, 15) is 0 Å². The third kappa shape index (κ3) is 5.41. The van der Waals surface area contributed by atoms with Crippen LogP contribution in [0.15, 0.2) is 18.2 Å². The standard InChI is InChI=1S/C17H26ClN3S/c1-13-7-8-15(12-16(13)18)20-17(22)19-9-5-11-21-10-4-3-6-14(21)2/h7-8,12,14H,3-6,9-11H2,1-2H3,(H2,19,20,22)/p+1/t14-/m0/s1. The molecule has 1 fully saturated rings. The van der Waals surface area contributed by atoms with Crippen LogP contribution in [-0.4, -0.2) is 30.8 Å². The first-order valence-corrected chi connectivity index (χ1v) is 9.00. The third-order valence-corrected chi connectivity index (χ3v) is 5.13. The monoisotopic (exact) mass is 340 g/mol. The van der Waals surface area contributed by atoms with E-state index in [1.165, 1.54) is 32.4 Å². The molecular weight excluding hydrogens is 314 g/mol. The zero-order valence-corrected chi connectivity index (χ0v) is 15.1. The lowest BCUT2D eigenvalue weighted by molar-refractivity contribution is -0.928. The minimum absolute atomic E-state index is 0.668. The second-order valence-corrected chi connectivity index (χ2v) is 7.07. The molecule has 1 unspecified atom stereocenters. The molecule has 0 aromatic heterocycles. The molecule has 0 bridgehead atoms. The SMILES string of the molecule is Cc1ccc(NC(=S)NCCC[NH+]2CCCC[C@@H]2C)cc1Cl. The van der Waals surface area contributed by atoms with Crippen LogP contribution in [-0.2, 0) is 0 Å². The molecular formula is C17H27ClN3S+. The predicted octanol–water partition coefficient (Wildman–Crippen LogP) is 2.78. The van der Waals surface area contributed by atoms with Crippen molar-refractivity contribution in [2.24, 2.45) is 0 Å². The highest BCUT2D eigenvalue weighted by molar-refractivity contribution is 7.80. The summed E-state index contributed by atoms with van der Waals surface area (Å²) in [7, 11) is 0. The van der Waals surface area contributed by atoms with Crippen molar-refractivity contribution < 1.29 is 4.90 Å². The van der Waals surface area contributed by atoms with E-state index in [1.807, 2.05) is 25.1 Å². The zero-order chi connectivity index (χ0) is 15.9. The molecule has 3 N–H and O–H groups in total. The summed E-state index contributed by atoms with van der Waals surface area (Å²) < 4.78 is 0. The fraction of sp³-hybridized carbons (Fsp3) is 0.588.